The normalized spacial score (nSPS) is 10.7. The molecule has 0 atom stereocenters. The van der Waals surface area contributed by atoms with Crippen LogP contribution in [0.3, 0.4) is 0 Å². The smallest absolute Gasteiger partial charge is 0.116 e. The fraction of sp³-hybridized carbons (Fsp3) is 0. The first-order chi connectivity index (χ1) is 14.9. The number of benzene rings is 4. The van der Waals surface area contributed by atoms with Crippen molar-refractivity contribution in [3.63, 3.8) is 0 Å². The summed E-state index contributed by atoms with van der Waals surface area (Å²) in [5.41, 5.74) is 8.76. The third-order valence-corrected chi connectivity index (χ3v) is 5.20. The Morgan fingerprint density at radius 1 is 0.333 bits per heavy atom. The van der Waals surface area contributed by atoms with Crippen molar-refractivity contribution in [1.29, 1.82) is 0 Å². The van der Waals surface area contributed by atoms with Crippen LogP contribution >= 0.6 is 0 Å². The molecule has 0 aliphatic heterocycles. The number of rotatable bonds is 4. The Bertz CT molecular complexity index is 1180. The van der Waals surface area contributed by atoms with Crippen LogP contribution in [0.4, 0.5) is 0 Å². The SMILES string of the molecule is c1ccc(-c2cccc(-c3cc(-c4cccc(-c5ccccc5)c4)ncn3)c2)cc1. The van der Waals surface area contributed by atoms with Crippen molar-refractivity contribution in [2.24, 2.45) is 0 Å². The van der Waals surface area contributed by atoms with Crippen molar-refractivity contribution in [2.75, 3.05) is 0 Å². The molecule has 0 saturated carbocycles. The maximum Gasteiger partial charge on any atom is 0.116 e. The second kappa shape index (κ2) is 8.14. The summed E-state index contributed by atoms with van der Waals surface area (Å²) >= 11 is 0. The lowest BCUT2D eigenvalue weighted by Gasteiger charge is -2.08. The van der Waals surface area contributed by atoms with Crippen molar-refractivity contribution in [1.82, 2.24) is 9.97 Å². The van der Waals surface area contributed by atoms with Gasteiger partial charge in [-0.15, -0.1) is 0 Å². The molecule has 2 nitrogen and oxygen atoms in total. The molecule has 0 aliphatic carbocycles. The molecule has 0 spiro atoms. The lowest BCUT2D eigenvalue weighted by atomic mass is 9.99. The lowest BCUT2D eigenvalue weighted by molar-refractivity contribution is 1.18. The van der Waals surface area contributed by atoms with Gasteiger partial charge in [0.2, 0.25) is 0 Å². The maximum absolute atomic E-state index is 4.54. The van der Waals surface area contributed by atoms with Crippen molar-refractivity contribution in [3.05, 3.63) is 122 Å². The van der Waals surface area contributed by atoms with Gasteiger partial charge in [-0.1, -0.05) is 97.1 Å². The van der Waals surface area contributed by atoms with E-state index in [1.165, 1.54) is 22.3 Å². The largest absolute Gasteiger partial charge is 0.236 e. The molecule has 1 aromatic heterocycles. The molecule has 2 heteroatoms. The van der Waals surface area contributed by atoms with Gasteiger partial charge in [0.15, 0.2) is 0 Å². The highest BCUT2D eigenvalue weighted by Crippen LogP contribution is 2.29. The van der Waals surface area contributed by atoms with Gasteiger partial charge in [0, 0.05) is 11.1 Å². The van der Waals surface area contributed by atoms with Gasteiger partial charge in [0.1, 0.15) is 6.33 Å². The van der Waals surface area contributed by atoms with Gasteiger partial charge in [0.25, 0.3) is 0 Å². The zero-order valence-corrected chi connectivity index (χ0v) is 16.4. The van der Waals surface area contributed by atoms with Gasteiger partial charge in [-0.3, -0.25) is 0 Å². The van der Waals surface area contributed by atoms with E-state index in [0.717, 1.165) is 22.5 Å². The molecule has 30 heavy (non-hydrogen) atoms. The minimum atomic E-state index is 0.919. The minimum Gasteiger partial charge on any atom is -0.236 e. The van der Waals surface area contributed by atoms with E-state index in [4.69, 9.17) is 0 Å². The van der Waals surface area contributed by atoms with E-state index in [-0.39, 0.29) is 0 Å². The van der Waals surface area contributed by atoms with Gasteiger partial charge < -0.3 is 0 Å². The first-order valence-corrected chi connectivity index (χ1v) is 10.0. The summed E-state index contributed by atoms with van der Waals surface area (Å²) in [7, 11) is 0. The van der Waals surface area contributed by atoms with Crippen LogP contribution in [-0.4, -0.2) is 9.97 Å². The molecule has 0 aliphatic rings. The van der Waals surface area contributed by atoms with E-state index >= 15 is 0 Å². The van der Waals surface area contributed by atoms with Crippen molar-refractivity contribution >= 4 is 0 Å². The second-order valence-electron chi connectivity index (χ2n) is 7.18. The Balaban J connectivity index is 1.52. The molecular weight excluding hydrogens is 364 g/mol. The number of hydrogen-bond donors (Lipinski definition) is 0. The molecule has 0 saturated heterocycles. The summed E-state index contributed by atoms with van der Waals surface area (Å²) in [5.74, 6) is 0. The van der Waals surface area contributed by atoms with E-state index in [9.17, 15) is 0 Å². The maximum atomic E-state index is 4.54. The molecule has 0 N–H and O–H groups in total. The predicted octanol–water partition coefficient (Wildman–Crippen LogP) is 7.14. The average molecular weight is 384 g/mol. The Hall–Kier alpha value is -4.04. The first-order valence-electron chi connectivity index (χ1n) is 10.0. The fourth-order valence-electron chi connectivity index (χ4n) is 3.65. The van der Waals surface area contributed by atoms with E-state index in [2.05, 4.69) is 113 Å². The third-order valence-electron chi connectivity index (χ3n) is 5.20. The molecule has 1 heterocycles. The quantitative estimate of drug-likeness (QED) is 0.329. The van der Waals surface area contributed by atoms with E-state index in [0.29, 0.717) is 0 Å². The lowest BCUT2D eigenvalue weighted by Crippen LogP contribution is -1.90. The standard InChI is InChI=1S/C28H20N2/c1-3-9-21(10-4-1)23-13-7-15-25(17-23)27-19-28(30-20-29-27)26-16-8-14-24(18-26)22-11-5-2-6-12-22/h1-20H. The van der Waals surface area contributed by atoms with Gasteiger partial charge in [-0.2, -0.15) is 0 Å². The van der Waals surface area contributed by atoms with Crippen LogP contribution < -0.4 is 0 Å². The molecule has 5 aromatic rings. The third kappa shape index (κ3) is 3.76. The van der Waals surface area contributed by atoms with Crippen LogP contribution in [-0.2, 0) is 0 Å². The second-order valence-corrected chi connectivity index (χ2v) is 7.18. The topological polar surface area (TPSA) is 25.8 Å². The van der Waals surface area contributed by atoms with E-state index in [1.807, 2.05) is 12.1 Å². The summed E-state index contributed by atoms with van der Waals surface area (Å²) in [6.07, 6.45) is 1.65. The fourth-order valence-corrected chi connectivity index (χ4v) is 3.65. The van der Waals surface area contributed by atoms with Gasteiger partial charge in [-0.25, -0.2) is 9.97 Å². The molecule has 142 valence electrons. The Kier molecular flexibility index (Phi) is 4.89. The molecule has 5 rings (SSSR count). The Morgan fingerprint density at radius 2 is 0.733 bits per heavy atom. The molecule has 4 aromatic carbocycles. The predicted molar refractivity (Wildman–Crippen MR) is 124 cm³/mol. The number of nitrogens with zero attached hydrogens (tertiary/aromatic N) is 2. The van der Waals surface area contributed by atoms with Gasteiger partial charge >= 0.3 is 0 Å². The number of hydrogen-bond acceptors (Lipinski definition) is 2. The van der Waals surface area contributed by atoms with Crippen LogP contribution in [0.15, 0.2) is 122 Å². The monoisotopic (exact) mass is 384 g/mol. The Morgan fingerprint density at radius 3 is 1.20 bits per heavy atom. The summed E-state index contributed by atoms with van der Waals surface area (Å²) in [5, 5.41) is 0. The van der Waals surface area contributed by atoms with E-state index in [1.54, 1.807) is 6.33 Å². The molecule has 0 unspecified atom stereocenters. The van der Waals surface area contributed by atoms with Gasteiger partial charge in [0.05, 0.1) is 11.4 Å². The summed E-state index contributed by atoms with van der Waals surface area (Å²) in [6, 6.07) is 39.8. The molecular formula is C28H20N2. The average Bonchev–Trinajstić information content (AvgIpc) is 2.85. The zero-order chi connectivity index (χ0) is 20.2. The molecule has 0 bridgehead atoms. The molecule has 0 amide bonds. The highest BCUT2D eigenvalue weighted by Gasteiger charge is 2.07. The van der Waals surface area contributed by atoms with Crippen LogP contribution in [0.1, 0.15) is 0 Å². The summed E-state index contributed by atoms with van der Waals surface area (Å²) in [6.45, 7) is 0. The molecule has 0 radical (unpaired) electrons. The first kappa shape index (κ1) is 18.0. The van der Waals surface area contributed by atoms with Crippen LogP contribution in [0, 0.1) is 0 Å². The zero-order valence-electron chi connectivity index (χ0n) is 16.4. The van der Waals surface area contributed by atoms with E-state index < -0.39 is 0 Å². The summed E-state index contributed by atoms with van der Waals surface area (Å²) < 4.78 is 0. The highest BCUT2D eigenvalue weighted by atomic mass is 14.8. The van der Waals surface area contributed by atoms with Crippen LogP contribution in [0.5, 0.6) is 0 Å². The highest BCUT2D eigenvalue weighted by molar-refractivity contribution is 5.75. The van der Waals surface area contributed by atoms with Crippen molar-refractivity contribution in [3.8, 4) is 44.8 Å². The van der Waals surface area contributed by atoms with Crippen molar-refractivity contribution in [2.45, 2.75) is 0 Å². The van der Waals surface area contributed by atoms with Crippen LogP contribution in [0.25, 0.3) is 44.8 Å². The Labute approximate surface area is 176 Å². The number of aromatic nitrogens is 2. The van der Waals surface area contributed by atoms with Crippen molar-refractivity contribution < 1.29 is 0 Å². The minimum absolute atomic E-state index is 0.919. The molecule has 0 fully saturated rings. The van der Waals surface area contributed by atoms with Gasteiger partial charge in [-0.05, 0) is 40.5 Å². The van der Waals surface area contributed by atoms with Crippen LogP contribution in [0.2, 0.25) is 0 Å². The summed E-state index contributed by atoms with van der Waals surface area (Å²) in [4.78, 5) is 9.08.